The Kier molecular flexibility index (Phi) is 4.44. The average molecular weight is 534 g/mol. The molecule has 0 aromatic heterocycles. The van der Waals surface area contributed by atoms with Gasteiger partial charge in [0.2, 0.25) is 0 Å². The summed E-state index contributed by atoms with van der Waals surface area (Å²) in [5.74, 6) is -2.85. The lowest BCUT2D eigenvalue weighted by Gasteiger charge is -2.22. The van der Waals surface area contributed by atoms with Gasteiger partial charge in [-0.05, 0) is 70.6 Å². The molecule has 0 saturated heterocycles. The van der Waals surface area contributed by atoms with Crippen LogP contribution in [0.3, 0.4) is 0 Å². The number of rotatable bonds is 2. The number of nitrogens with zero attached hydrogens (tertiary/aromatic N) is 1. The Hall–Kier alpha value is -0.250. The zero-order chi connectivity index (χ0) is 15.4. The topological polar surface area (TPSA) is 77.5 Å². The molecule has 0 unspecified atom stereocenters. The normalized spacial score (nSPS) is 15.6. The molecule has 1 aromatic rings. The summed E-state index contributed by atoms with van der Waals surface area (Å²) in [5.41, 5.74) is 0.232. The number of carbonyl (C=O) groups is 3. The van der Waals surface area contributed by atoms with Crippen LogP contribution in [0.2, 0.25) is 0 Å². The molecule has 1 aliphatic heterocycles. The van der Waals surface area contributed by atoms with Crippen molar-refractivity contribution in [2.75, 3.05) is 0 Å². The highest BCUT2D eigenvalue weighted by Crippen LogP contribution is 2.45. The van der Waals surface area contributed by atoms with Gasteiger partial charge in [0, 0.05) is 17.9 Å². The van der Waals surface area contributed by atoms with E-state index in [2.05, 4.69) is 63.7 Å². The number of carboxylic acid groups (broad SMARTS) is 1. The molecule has 0 fully saturated rings. The fourth-order valence-electron chi connectivity index (χ4n) is 1.82. The highest BCUT2D eigenvalue weighted by Gasteiger charge is 2.43. The maximum Gasteiger partial charge on any atom is 0.263 e. The maximum absolute atomic E-state index is 12.3. The minimum absolute atomic E-state index is 0.116. The van der Waals surface area contributed by atoms with Crippen LogP contribution in [-0.2, 0) is 4.79 Å². The largest absolute Gasteiger partial charge is 0.548 e. The van der Waals surface area contributed by atoms with Crippen molar-refractivity contribution in [2.24, 2.45) is 0 Å². The molecule has 2 amide bonds. The first-order valence-electron chi connectivity index (χ1n) is 5.14. The summed E-state index contributed by atoms with van der Waals surface area (Å²) in [6.45, 7) is 1.23. The standard InChI is InChI=1S/C11H5Br4NO4/c1-2(11(19)20)16-9(17)3-4(10(16)18)6(13)8(15)7(14)5(3)12/h2H,1H3,(H,19,20)/p-1/t2-/m0/s1. The van der Waals surface area contributed by atoms with Crippen molar-refractivity contribution in [1.82, 2.24) is 4.90 Å². The highest BCUT2D eigenvalue weighted by molar-refractivity contribution is 9.15. The van der Waals surface area contributed by atoms with E-state index in [1.54, 1.807) is 0 Å². The Morgan fingerprint density at radius 3 is 1.60 bits per heavy atom. The summed E-state index contributed by atoms with van der Waals surface area (Å²) in [6, 6.07) is -1.35. The molecule has 20 heavy (non-hydrogen) atoms. The van der Waals surface area contributed by atoms with E-state index in [1.165, 1.54) is 6.92 Å². The summed E-state index contributed by atoms with van der Waals surface area (Å²) >= 11 is 13.0. The predicted octanol–water partition coefficient (Wildman–Crippen LogP) is 2.47. The van der Waals surface area contributed by atoms with Gasteiger partial charge in [-0.1, -0.05) is 0 Å². The molecular formula is C11H4Br4NO4-. The van der Waals surface area contributed by atoms with Crippen LogP contribution in [0.5, 0.6) is 0 Å². The summed E-state index contributed by atoms with van der Waals surface area (Å²) in [7, 11) is 0. The Labute approximate surface area is 147 Å². The van der Waals surface area contributed by atoms with E-state index >= 15 is 0 Å². The molecule has 0 saturated carbocycles. The average Bonchev–Trinajstić information content (AvgIpc) is 2.64. The van der Waals surface area contributed by atoms with Crippen molar-refractivity contribution >= 4 is 81.5 Å². The number of imide groups is 1. The number of carboxylic acids is 1. The van der Waals surface area contributed by atoms with Crippen molar-refractivity contribution in [2.45, 2.75) is 13.0 Å². The van der Waals surface area contributed by atoms with Crippen LogP contribution < -0.4 is 5.11 Å². The third-order valence-electron chi connectivity index (χ3n) is 2.86. The van der Waals surface area contributed by atoms with E-state index in [1.807, 2.05) is 0 Å². The van der Waals surface area contributed by atoms with Crippen LogP contribution in [-0.4, -0.2) is 28.7 Å². The Morgan fingerprint density at radius 1 is 0.950 bits per heavy atom. The first kappa shape index (κ1) is 16.1. The van der Waals surface area contributed by atoms with Crippen molar-refractivity contribution in [1.29, 1.82) is 0 Å². The number of halogens is 4. The fraction of sp³-hybridized carbons (Fsp3) is 0.182. The van der Waals surface area contributed by atoms with Gasteiger partial charge in [0.1, 0.15) is 0 Å². The molecule has 2 rings (SSSR count). The van der Waals surface area contributed by atoms with E-state index in [9.17, 15) is 19.5 Å². The number of carbonyl (C=O) groups excluding carboxylic acids is 3. The van der Waals surface area contributed by atoms with Crippen LogP contribution in [0.15, 0.2) is 17.9 Å². The molecule has 1 aromatic carbocycles. The second-order valence-electron chi connectivity index (χ2n) is 3.98. The molecule has 9 heteroatoms. The van der Waals surface area contributed by atoms with Crippen molar-refractivity contribution < 1.29 is 19.5 Å². The van der Waals surface area contributed by atoms with Gasteiger partial charge in [-0.15, -0.1) is 0 Å². The first-order chi connectivity index (χ1) is 9.20. The fourth-order valence-corrected chi connectivity index (χ4v) is 4.28. The zero-order valence-electron chi connectivity index (χ0n) is 9.67. The van der Waals surface area contributed by atoms with E-state index in [4.69, 9.17) is 0 Å². The third-order valence-corrected chi connectivity index (χ3v) is 7.63. The lowest BCUT2D eigenvalue weighted by molar-refractivity contribution is -0.309. The van der Waals surface area contributed by atoms with Gasteiger partial charge in [0.15, 0.2) is 0 Å². The molecule has 1 heterocycles. The number of hydrogen-bond acceptors (Lipinski definition) is 4. The number of fused-ring (bicyclic) bond motifs is 1. The van der Waals surface area contributed by atoms with Gasteiger partial charge in [0.25, 0.3) is 11.8 Å². The summed E-state index contributed by atoms with van der Waals surface area (Å²) in [4.78, 5) is 36.2. The molecule has 5 nitrogen and oxygen atoms in total. The molecule has 0 N–H and O–H groups in total. The monoisotopic (exact) mass is 530 g/mol. The van der Waals surface area contributed by atoms with Crippen LogP contribution in [0.4, 0.5) is 0 Å². The number of benzene rings is 1. The van der Waals surface area contributed by atoms with Gasteiger partial charge < -0.3 is 9.90 Å². The Morgan fingerprint density at radius 2 is 1.30 bits per heavy atom. The van der Waals surface area contributed by atoms with Crippen LogP contribution >= 0.6 is 63.7 Å². The van der Waals surface area contributed by atoms with E-state index < -0.39 is 23.8 Å². The lowest BCUT2D eigenvalue weighted by atomic mass is 10.1. The van der Waals surface area contributed by atoms with Gasteiger partial charge >= 0.3 is 0 Å². The van der Waals surface area contributed by atoms with Crippen LogP contribution in [0.25, 0.3) is 0 Å². The molecule has 0 radical (unpaired) electrons. The van der Waals surface area contributed by atoms with Crippen LogP contribution in [0, 0.1) is 0 Å². The quantitative estimate of drug-likeness (QED) is 0.333. The summed E-state index contributed by atoms with van der Waals surface area (Å²) < 4.78 is 1.86. The molecule has 0 spiro atoms. The van der Waals surface area contributed by atoms with E-state index in [0.29, 0.717) is 22.8 Å². The lowest BCUT2D eigenvalue weighted by Crippen LogP contribution is -2.48. The highest BCUT2D eigenvalue weighted by atomic mass is 79.9. The minimum Gasteiger partial charge on any atom is -0.548 e. The number of aliphatic carboxylic acids is 1. The van der Waals surface area contributed by atoms with Gasteiger partial charge in [-0.25, -0.2) is 0 Å². The zero-order valence-corrected chi connectivity index (χ0v) is 16.0. The molecule has 0 aliphatic carbocycles. The number of hydrogen-bond donors (Lipinski definition) is 0. The second kappa shape index (κ2) is 5.51. The Balaban J connectivity index is 2.73. The number of amides is 2. The van der Waals surface area contributed by atoms with Gasteiger partial charge in [-0.2, -0.15) is 0 Å². The molecule has 1 atom stereocenters. The van der Waals surface area contributed by atoms with Crippen molar-refractivity contribution in [3.05, 3.63) is 29.0 Å². The minimum atomic E-state index is -1.50. The predicted molar refractivity (Wildman–Crippen MR) is 82.2 cm³/mol. The van der Waals surface area contributed by atoms with Crippen LogP contribution in [0.1, 0.15) is 27.6 Å². The molecule has 106 valence electrons. The summed E-state index contributed by atoms with van der Waals surface area (Å²) in [6.07, 6.45) is 0. The SMILES string of the molecule is C[C@@H](C(=O)[O-])N1C(=O)c2c(Br)c(Br)c(Br)c(Br)c2C1=O. The van der Waals surface area contributed by atoms with Gasteiger partial charge in [-0.3, -0.25) is 14.5 Å². The van der Waals surface area contributed by atoms with Crippen molar-refractivity contribution in [3.63, 3.8) is 0 Å². The van der Waals surface area contributed by atoms with Gasteiger partial charge in [0.05, 0.1) is 23.1 Å². The third kappa shape index (κ3) is 2.18. The summed E-state index contributed by atoms with van der Waals surface area (Å²) in [5, 5.41) is 10.9. The second-order valence-corrected chi connectivity index (χ2v) is 7.15. The smallest absolute Gasteiger partial charge is 0.263 e. The van der Waals surface area contributed by atoms with E-state index in [-0.39, 0.29) is 11.1 Å². The molecule has 0 bridgehead atoms. The molecule has 1 aliphatic rings. The first-order valence-corrected chi connectivity index (χ1v) is 8.32. The Bertz CT molecular complexity index is 626. The molecular weight excluding hydrogens is 530 g/mol. The van der Waals surface area contributed by atoms with E-state index in [0.717, 1.165) is 0 Å². The van der Waals surface area contributed by atoms with Crippen molar-refractivity contribution in [3.8, 4) is 0 Å². The maximum atomic E-state index is 12.3.